The van der Waals surface area contributed by atoms with Crippen LogP contribution < -0.4 is 10.6 Å². The highest BCUT2D eigenvalue weighted by atomic mass is 16.6. The summed E-state index contributed by atoms with van der Waals surface area (Å²) in [5, 5.41) is 5.90. The Labute approximate surface area is 241 Å². The van der Waals surface area contributed by atoms with Crippen molar-refractivity contribution in [3.63, 3.8) is 0 Å². The van der Waals surface area contributed by atoms with Crippen LogP contribution in [0.1, 0.15) is 97.7 Å². The van der Waals surface area contributed by atoms with E-state index >= 15 is 0 Å². The molecule has 0 heterocycles. The minimum absolute atomic E-state index is 0.253. The first-order chi connectivity index (χ1) is 18.8. The molecule has 0 radical (unpaired) electrons. The molecule has 0 aromatic heterocycles. The predicted octanol–water partition coefficient (Wildman–Crippen LogP) is 6.58. The van der Waals surface area contributed by atoms with Crippen LogP contribution in [-0.2, 0) is 20.7 Å². The van der Waals surface area contributed by atoms with Crippen LogP contribution in [0, 0.1) is 0 Å². The lowest BCUT2D eigenvalue weighted by Crippen LogP contribution is -2.55. The minimum Gasteiger partial charge on any atom is -0.444 e. The molecule has 7 heteroatoms. The fourth-order valence-electron chi connectivity index (χ4n) is 4.50. The Morgan fingerprint density at radius 3 is 1.95 bits per heavy atom. The van der Waals surface area contributed by atoms with Crippen molar-refractivity contribution in [1.29, 1.82) is 0 Å². The van der Waals surface area contributed by atoms with Crippen LogP contribution >= 0.6 is 0 Å². The summed E-state index contributed by atoms with van der Waals surface area (Å²) < 4.78 is 5.52. The number of carbonyl (C=O) groups excluding carboxylic acids is 3. The van der Waals surface area contributed by atoms with E-state index in [1.807, 2.05) is 81.4 Å². The van der Waals surface area contributed by atoms with Crippen molar-refractivity contribution in [3.05, 3.63) is 71.8 Å². The molecule has 2 rings (SSSR count). The lowest BCUT2D eigenvalue weighted by atomic mass is 9.98. The van der Waals surface area contributed by atoms with Gasteiger partial charge in [-0.15, -0.1) is 0 Å². The van der Waals surface area contributed by atoms with Crippen LogP contribution in [0.15, 0.2) is 60.7 Å². The fraction of sp³-hybridized carbons (Fsp3) is 0.545. The van der Waals surface area contributed by atoms with Crippen LogP contribution in [0.3, 0.4) is 0 Å². The maximum absolute atomic E-state index is 14.4. The number of rotatable bonds is 13. The van der Waals surface area contributed by atoms with Gasteiger partial charge < -0.3 is 20.3 Å². The molecule has 2 N–H and O–H groups in total. The zero-order valence-electron chi connectivity index (χ0n) is 25.5. The molecular weight excluding hydrogens is 502 g/mol. The summed E-state index contributed by atoms with van der Waals surface area (Å²) in [7, 11) is 0. The van der Waals surface area contributed by atoms with Gasteiger partial charge in [-0.25, -0.2) is 4.79 Å². The highest BCUT2D eigenvalue weighted by molar-refractivity contribution is 5.92. The van der Waals surface area contributed by atoms with Gasteiger partial charge in [0.15, 0.2) is 0 Å². The molecule has 0 aliphatic heterocycles. The van der Waals surface area contributed by atoms with E-state index in [2.05, 4.69) is 17.6 Å². The summed E-state index contributed by atoms with van der Waals surface area (Å²) >= 11 is 0. The van der Waals surface area contributed by atoms with Crippen LogP contribution in [0.2, 0.25) is 0 Å². The molecular formula is C33H49N3O4. The number of nitrogens with zero attached hydrogens (tertiary/aromatic N) is 1. The summed E-state index contributed by atoms with van der Waals surface area (Å²) in [6.45, 7) is 13.7. The molecule has 0 aliphatic carbocycles. The van der Waals surface area contributed by atoms with Gasteiger partial charge in [0, 0.05) is 18.5 Å². The molecule has 0 saturated heterocycles. The molecule has 40 heavy (non-hydrogen) atoms. The number of carbonyl (C=O) groups is 3. The molecule has 0 saturated carbocycles. The monoisotopic (exact) mass is 551 g/mol. The Morgan fingerprint density at radius 1 is 0.825 bits per heavy atom. The maximum atomic E-state index is 14.4. The zero-order chi connectivity index (χ0) is 29.8. The molecule has 0 aliphatic rings. The normalized spacial score (nSPS) is 13.2. The minimum atomic E-state index is -0.915. The van der Waals surface area contributed by atoms with Crippen molar-refractivity contribution < 1.29 is 19.1 Å². The van der Waals surface area contributed by atoms with Crippen molar-refractivity contribution in [3.8, 4) is 0 Å². The van der Waals surface area contributed by atoms with Crippen LogP contribution in [0.4, 0.5) is 4.79 Å². The van der Waals surface area contributed by atoms with E-state index in [0.29, 0.717) is 6.54 Å². The Hall–Kier alpha value is -3.35. The predicted molar refractivity (Wildman–Crippen MR) is 161 cm³/mol. The molecule has 0 fully saturated rings. The largest absolute Gasteiger partial charge is 0.444 e. The molecule has 2 aromatic carbocycles. The molecule has 2 unspecified atom stereocenters. The van der Waals surface area contributed by atoms with E-state index in [0.717, 1.165) is 43.2 Å². The van der Waals surface area contributed by atoms with Gasteiger partial charge in [-0.1, -0.05) is 93.3 Å². The number of hydrogen-bond donors (Lipinski definition) is 2. The Bertz CT molecular complexity index is 1060. The zero-order valence-corrected chi connectivity index (χ0v) is 25.5. The van der Waals surface area contributed by atoms with E-state index in [9.17, 15) is 14.4 Å². The lowest BCUT2D eigenvalue weighted by Gasteiger charge is -2.36. The molecule has 3 amide bonds. The lowest BCUT2D eigenvalue weighted by molar-refractivity contribution is -0.143. The Morgan fingerprint density at radius 2 is 1.40 bits per heavy atom. The first kappa shape index (κ1) is 32.9. The van der Waals surface area contributed by atoms with E-state index in [-0.39, 0.29) is 18.2 Å². The van der Waals surface area contributed by atoms with Crippen LogP contribution in [0.5, 0.6) is 0 Å². The van der Waals surface area contributed by atoms with Gasteiger partial charge in [-0.3, -0.25) is 9.59 Å². The van der Waals surface area contributed by atoms with E-state index in [1.54, 1.807) is 25.7 Å². The second-order valence-corrected chi connectivity index (χ2v) is 12.4. The Kier molecular flexibility index (Phi) is 12.7. The van der Waals surface area contributed by atoms with Gasteiger partial charge in [0.25, 0.3) is 0 Å². The summed E-state index contributed by atoms with van der Waals surface area (Å²) in [5.41, 5.74) is 0.415. The highest BCUT2D eigenvalue weighted by Crippen LogP contribution is 2.25. The average Bonchev–Trinajstić information content (AvgIpc) is 2.86. The number of amides is 3. The third-order valence-corrected chi connectivity index (χ3v) is 6.23. The smallest absolute Gasteiger partial charge is 0.408 e. The van der Waals surface area contributed by atoms with Crippen molar-refractivity contribution >= 4 is 17.9 Å². The Balaban J connectivity index is 2.51. The summed E-state index contributed by atoms with van der Waals surface area (Å²) in [6, 6.07) is 17.2. The molecule has 0 bridgehead atoms. The SMILES string of the molecule is CCCCCCCN(C(=O)C(Cc1ccccc1)NC(=O)OC(C)(C)C)C(C(=O)NC(C)(C)C)c1ccccc1. The van der Waals surface area contributed by atoms with Crippen LogP contribution in [0.25, 0.3) is 0 Å². The highest BCUT2D eigenvalue weighted by Gasteiger charge is 2.37. The number of alkyl carbamates (subject to hydrolysis) is 1. The average molecular weight is 552 g/mol. The number of ether oxygens (including phenoxy) is 1. The second kappa shape index (κ2) is 15.4. The third-order valence-electron chi connectivity index (χ3n) is 6.23. The second-order valence-electron chi connectivity index (χ2n) is 12.4. The number of benzene rings is 2. The standard InChI is InChI=1S/C33H49N3O4/c1-8-9-10-11-18-23-36(28(26-21-16-13-17-22-26)29(37)35-32(2,3)4)30(38)27(24-25-19-14-12-15-20-25)34-31(39)40-33(5,6)7/h12-17,19-22,27-28H,8-11,18,23-24H2,1-7H3,(H,34,39)(H,35,37). The molecule has 2 aromatic rings. The number of nitrogens with one attached hydrogen (secondary N) is 2. The van der Waals surface area contributed by atoms with Crippen molar-refractivity contribution in [2.24, 2.45) is 0 Å². The van der Waals surface area contributed by atoms with Gasteiger partial charge in [0.1, 0.15) is 17.7 Å². The van der Waals surface area contributed by atoms with Crippen LogP contribution in [-0.4, -0.2) is 46.5 Å². The topological polar surface area (TPSA) is 87.7 Å². The fourth-order valence-corrected chi connectivity index (χ4v) is 4.50. The van der Waals surface area contributed by atoms with E-state index < -0.39 is 29.3 Å². The van der Waals surface area contributed by atoms with E-state index in [4.69, 9.17) is 4.74 Å². The maximum Gasteiger partial charge on any atom is 0.408 e. The molecule has 220 valence electrons. The van der Waals surface area contributed by atoms with Crippen molar-refractivity contribution in [1.82, 2.24) is 15.5 Å². The van der Waals surface area contributed by atoms with E-state index in [1.165, 1.54) is 0 Å². The van der Waals surface area contributed by atoms with Gasteiger partial charge in [-0.05, 0) is 59.1 Å². The molecule has 0 spiro atoms. The van der Waals surface area contributed by atoms with Gasteiger partial charge >= 0.3 is 6.09 Å². The van der Waals surface area contributed by atoms with Crippen molar-refractivity contribution in [2.75, 3.05) is 6.54 Å². The quantitative estimate of drug-likeness (QED) is 0.275. The first-order valence-corrected chi connectivity index (χ1v) is 14.5. The first-order valence-electron chi connectivity index (χ1n) is 14.5. The summed E-state index contributed by atoms with van der Waals surface area (Å²) in [5.74, 6) is -0.570. The van der Waals surface area contributed by atoms with Gasteiger partial charge in [0.05, 0.1) is 0 Å². The third kappa shape index (κ3) is 11.8. The number of unbranched alkanes of at least 4 members (excludes halogenated alkanes) is 4. The van der Waals surface area contributed by atoms with Gasteiger partial charge in [-0.2, -0.15) is 0 Å². The molecule has 2 atom stereocenters. The summed E-state index contributed by atoms with van der Waals surface area (Å²) in [4.78, 5) is 42.8. The molecule has 7 nitrogen and oxygen atoms in total. The van der Waals surface area contributed by atoms with Gasteiger partial charge in [0.2, 0.25) is 11.8 Å². The van der Waals surface area contributed by atoms with Crippen molar-refractivity contribution in [2.45, 2.75) is 110 Å². The number of hydrogen-bond acceptors (Lipinski definition) is 4. The summed E-state index contributed by atoms with van der Waals surface area (Å²) in [6.07, 6.45) is 4.60.